The Morgan fingerprint density at radius 1 is 0.926 bits per heavy atom. The number of hydrogen-bond donors (Lipinski definition) is 1. The Morgan fingerprint density at radius 3 is 2.48 bits per heavy atom. The molecular formula is C22H22N4O. The monoisotopic (exact) mass is 358 g/mol. The van der Waals surface area contributed by atoms with Crippen LogP contribution in [0.2, 0.25) is 0 Å². The van der Waals surface area contributed by atoms with E-state index in [0.717, 1.165) is 31.7 Å². The molecular weight excluding hydrogens is 336 g/mol. The number of anilines is 1. The maximum atomic E-state index is 12.3. The van der Waals surface area contributed by atoms with Gasteiger partial charge in [0.2, 0.25) is 0 Å². The first-order valence-electron chi connectivity index (χ1n) is 9.27. The number of amides is 1. The van der Waals surface area contributed by atoms with Crippen LogP contribution in [0.4, 0.5) is 5.82 Å². The van der Waals surface area contributed by atoms with Gasteiger partial charge in [0.1, 0.15) is 0 Å². The predicted octanol–water partition coefficient (Wildman–Crippen LogP) is 3.01. The van der Waals surface area contributed by atoms with Crippen molar-refractivity contribution in [1.29, 1.82) is 0 Å². The Bertz CT molecular complexity index is 909. The Hall–Kier alpha value is -3.21. The molecule has 27 heavy (non-hydrogen) atoms. The number of aromatic nitrogens is 2. The fraction of sp³-hybridized carbons (Fsp3) is 0.227. The summed E-state index contributed by atoms with van der Waals surface area (Å²) in [6.45, 7) is 2.32. The molecule has 0 unspecified atom stereocenters. The maximum Gasteiger partial charge on any atom is 0.271 e. The topological polar surface area (TPSA) is 58.1 Å². The van der Waals surface area contributed by atoms with Gasteiger partial charge in [-0.25, -0.2) is 0 Å². The van der Waals surface area contributed by atoms with Gasteiger partial charge < -0.3 is 10.2 Å². The van der Waals surface area contributed by atoms with Gasteiger partial charge in [0.05, 0.1) is 0 Å². The summed E-state index contributed by atoms with van der Waals surface area (Å²) < 4.78 is 0. The van der Waals surface area contributed by atoms with Crippen LogP contribution in [-0.2, 0) is 19.4 Å². The molecule has 0 saturated carbocycles. The van der Waals surface area contributed by atoms with Crippen LogP contribution in [0.1, 0.15) is 27.2 Å². The minimum absolute atomic E-state index is 0.186. The Balaban J connectivity index is 1.34. The quantitative estimate of drug-likeness (QED) is 0.762. The zero-order valence-electron chi connectivity index (χ0n) is 15.1. The molecule has 1 aliphatic rings. The smallest absolute Gasteiger partial charge is 0.271 e. The number of nitrogens with one attached hydrogen (secondary N) is 1. The third kappa shape index (κ3) is 4.14. The fourth-order valence-electron chi connectivity index (χ4n) is 3.36. The van der Waals surface area contributed by atoms with Crippen molar-refractivity contribution in [2.45, 2.75) is 19.4 Å². The van der Waals surface area contributed by atoms with Gasteiger partial charge in [-0.3, -0.25) is 4.79 Å². The van der Waals surface area contributed by atoms with Crippen molar-refractivity contribution >= 4 is 11.7 Å². The van der Waals surface area contributed by atoms with Crippen molar-refractivity contribution in [3.05, 3.63) is 89.1 Å². The number of carbonyl (C=O) groups excluding carboxylic acids is 1. The average molecular weight is 358 g/mol. The molecule has 1 aliphatic heterocycles. The summed E-state index contributed by atoms with van der Waals surface area (Å²) in [4.78, 5) is 14.5. The SMILES string of the molecule is O=C(NCCc1ccccc1)c1ccc(N2CCc3ccccc3C2)nn1. The molecule has 1 amide bonds. The van der Waals surface area contributed by atoms with Crippen LogP contribution in [-0.4, -0.2) is 29.2 Å². The van der Waals surface area contributed by atoms with Crippen LogP contribution >= 0.6 is 0 Å². The van der Waals surface area contributed by atoms with E-state index < -0.39 is 0 Å². The van der Waals surface area contributed by atoms with E-state index in [4.69, 9.17) is 0 Å². The zero-order chi connectivity index (χ0) is 18.5. The van der Waals surface area contributed by atoms with Crippen LogP contribution in [0, 0.1) is 0 Å². The van der Waals surface area contributed by atoms with E-state index >= 15 is 0 Å². The second kappa shape index (κ2) is 7.99. The average Bonchev–Trinajstić information content (AvgIpc) is 2.74. The summed E-state index contributed by atoms with van der Waals surface area (Å²) in [5.41, 5.74) is 4.28. The number of nitrogens with zero attached hydrogens (tertiary/aromatic N) is 3. The Kier molecular flexibility index (Phi) is 5.10. The third-order valence-corrected chi connectivity index (χ3v) is 4.88. The Morgan fingerprint density at radius 2 is 1.70 bits per heavy atom. The summed E-state index contributed by atoms with van der Waals surface area (Å²) >= 11 is 0. The van der Waals surface area contributed by atoms with Gasteiger partial charge >= 0.3 is 0 Å². The first-order chi connectivity index (χ1) is 13.3. The van der Waals surface area contributed by atoms with Crippen molar-refractivity contribution in [2.75, 3.05) is 18.0 Å². The molecule has 5 heteroatoms. The second-order valence-corrected chi connectivity index (χ2v) is 6.71. The van der Waals surface area contributed by atoms with Gasteiger partial charge in [-0.05, 0) is 41.7 Å². The van der Waals surface area contributed by atoms with Crippen LogP contribution in [0.15, 0.2) is 66.7 Å². The van der Waals surface area contributed by atoms with Gasteiger partial charge in [-0.2, -0.15) is 0 Å². The van der Waals surface area contributed by atoms with Crippen molar-refractivity contribution in [3.8, 4) is 0 Å². The van der Waals surface area contributed by atoms with Crippen molar-refractivity contribution < 1.29 is 4.79 Å². The first-order valence-corrected chi connectivity index (χ1v) is 9.27. The molecule has 0 saturated heterocycles. The number of benzene rings is 2. The van der Waals surface area contributed by atoms with Crippen molar-refractivity contribution in [3.63, 3.8) is 0 Å². The van der Waals surface area contributed by atoms with Crippen LogP contribution in [0.3, 0.4) is 0 Å². The summed E-state index contributed by atoms with van der Waals surface area (Å²) in [6, 6.07) is 22.2. The van der Waals surface area contributed by atoms with Gasteiger partial charge in [-0.1, -0.05) is 54.6 Å². The van der Waals surface area contributed by atoms with E-state index in [0.29, 0.717) is 12.2 Å². The van der Waals surface area contributed by atoms with Crippen LogP contribution in [0.5, 0.6) is 0 Å². The summed E-state index contributed by atoms with van der Waals surface area (Å²) in [6.07, 6.45) is 1.80. The molecule has 1 aromatic heterocycles. The van der Waals surface area contributed by atoms with E-state index in [-0.39, 0.29) is 5.91 Å². The highest BCUT2D eigenvalue weighted by molar-refractivity contribution is 5.92. The van der Waals surface area contributed by atoms with E-state index in [1.54, 1.807) is 6.07 Å². The molecule has 2 heterocycles. The Labute approximate surface area is 159 Å². The lowest BCUT2D eigenvalue weighted by atomic mass is 10.00. The molecule has 0 aliphatic carbocycles. The van der Waals surface area contributed by atoms with Crippen LogP contribution < -0.4 is 10.2 Å². The highest BCUT2D eigenvalue weighted by atomic mass is 16.1. The first kappa shape index (κ1) is 17.2. The van der Waals surface area contributed by atoms with Gasteiger partial charge in [0, 0.05) is 19.6 Å². The van der Waals surface area contributed by atoms with Crippen molar-refractivity contribution in [1.82, 2.24) is 15.5 Å². The molecule has 4 rings (SSSR count). The molecule has 3 aromatic rings. The molecule has 0 spiro atoms. The number of fused-ring (bicyclic) bond motifs is 1. The highest BCUT2D eigenvalue weighted by Crippen LogP contribution is 2.22. The van der Waals surface area contributed by atoms with Crippen LogP contribution in [0.25, 0.3) is 0 Å². The largest absolute Gasteiger partial charge is 0.350 e. The lowest BCUT2D eigenvalue weighted by Crippen LogP contribution is -2.31. The predicted molar refractivity (Wildman–Crippen MR) is 106 cm³/mol. The minimum atomic E-state index is -0.186. The third-order valence-electron chi connectivity index (χ3n) is 4.88. The standard InChI is InChI=1S/C22H22N4O/c27-22(23-14-12-17-6-2-1-3-7-17)20-10-11-21(25-24-20)26-15-13-18-8-4-5-9-19(18)16-26/h1-11H,12-16H2,(H,23,27). The summed E-state index contributed by atoms with van der Waals surface area (Å²) in [5, 5.41) is 11.3. The van der Waals surface area contributed by atoms with Crippen molar-refractivity contribution in [2.24, 2.45) is 0 Å². The molecule has 0 radical (unpaired) electrons. The van der Waals surface area contributed by atoms with E-state index in [2.05, 4.69) is 56.8 Å². The lowest BCUT2D eigenvalue weighted by Gasteiger charge is -2.29. The normalized spacial score (nSPS) is 13.1. The minimum Gasteiger partial charge on any atom is -0.350 e. The summed E-state index contributed by atoms with van der Waals surface area (Å²) in [7, 11) is 0. The van der Waals surface area contributed by atoms with E-state index in [1.165, 1.54) is 16.7 Å². The maximum absolute atomic E-state index is 12.3. The zero-order valence-corrected chi connectivity index (χ0v) is 15.1. The highest BCUT2D eigenvalue weighted by Gasteiger charge is 2.18. The number of rotatable bonds is 5. The second-order valence-electron chi connectivity index (χ2n) is 6.71. The molecule has 0 bridgehead atoms. The molecule has 5 nitrogen and oxygen atoms in total. The van der Waals surface area contributed by atoms with Gasteiger partial charge in [-0.15, -0.1) is 10.2 Å². The summed E-state index contributed by atoms with van der Waals surface area (Å²) in [5.74, 6) is 0.624. The molecule has 136 valence electrons. The van der Waals surface area contributed by atoms with E-state index in [9.17, 15) is 4.79 Å². The molecule has 0 fully saturated rings. The number of carbonyl (C=O) groups is 1. The van der Waals surface area contributed by atoms with E-state index in [1.807, 2.05) is 24.3 Å². The molecule has 1 N–H and O–H groups in total. The molecule has 2 aromatic carbocycles. The lowest BCUT2D eigenvalue weighted by molar-refractivity contribution is 0.0948. The fourth-order valence-corrected chi connectivity index (χ4v) is 3.36. The van der Waals surface area contributed by atoms with Gasteiger partial charge in [0.15, 0.2) is 11.5 Å². The molecule has 0 atom stereocenters. The van der Waals surface area contributed by atoms with Gasteiger partial charge in [0.25, 0.3) is 5.91 Å². The number of hydrogen-bond acceptors (Lipinski definition) is 4.